The molecule has 1 unspecified atom stereocenters. The van der Waals surface area contributed by atoms with Gasteiger partial charge in [0, 0.05) is 17.6 Å². The lowest BCUT2D eigenvalue weighted by atomic mass is 10.2. The van der Waals surface area contributed by atoms with Crippen molar-refractivity contribution in [3.63, 3.8) is 0 Å². The van der Waals surface area contributed by atoms with E-state index < -0.39 is 6.10 Å². The fourth-order valence-corrected chi connectivity index (χ4v) is 1.93. The minimum absolute atomic E-state index is 0.0288. The summed E-state index contributed by atoms with van der Waals surface area (Å²) >= 11 is 5.93. The normalized spacial score (nSPS) is 15.6. The van der Waals surface area contributed by atoms with E-state index in [0.717, 1.165) is 18.4 Å². The van der Waals surface area contributed by atoms with Crippen LogP contribution < -0.4 is 15.4 Å². The number of aryl methyl sites for hydroxylation is 1. The number of ether oxygens (including phenoxy) is 1. The van der Waals surface area contributed by atoms with Crippen LogP contribution in [0.25, 0.3) is 0 Å². The fourth-order valence-electron chi connectivity index (χ4n) is 1.82. The molecular formula is C15H21ClN2O3. The Hall–Kier alpha value is -1.30. The highest BCUT2D eigenvalue weighted by Gasteiger charge is 2.22. The lowest BCUT2D eigenvalue weighted by molar-refractivity contribution is -0.120. The number of hydrogen-bond acceptors (Lipinski definition) is 4. The second-order valence-electron chi connectivity index (χ2n) is 5.35. The van der Waals surface area contributed by atoms with Crippen molar-refractivity contribution < 1.29 is 14.6 Å². The molecule has 0 aromatic heterocycles. The molecule has 1 aromatic rings. The summed E-state index contributed by atoms with van der Waals surface area (Å²) < 4.78 is 5.49. The molecule has 2 rings (SSSR count). The van der Waals surface area contributed by atoms with Gasteiger partial charge in [-0.3, -0.25) is 4.79 Å². The monoisotopic (exact) mass is 312 g/mol. The number of benzene rings is 1. The van der Waals surface area contributed by atoms with Crippen LogP contribution >= 0.6 is 11.6 Å². The molecular weight excluding hydrogens is 292 g/mol. The Bertz CT molecular complexity index is 492. The predicted molar refractivity (Wildman–Crippen MR) is 81.7 cm³/mol. The van der Waals surface area contributed by atoms with Crippen LogP contribution in [0, 0.1) is 6.92 Å². The van der Waals surface area contributed by atoms with Gasteiger partial charge in [-0.25, -0.2) is 0 Å². The first-order valence-corrected chi connectivity index (χ1v) is 7.49. The van der Waals surface area contributed by atoms with Crippen LogP contribution in [-0.2, 0) is 4.79 Å². The van der Waals surface area contributed by atoms with Gasteiger partial charge in [-0.1, -0.05) is 11.6 Å². The molecule has 0 heterocycles. The average molecular weight is 313 g/mol. The number of hydrogen-bond donors (Lipinski definition) is 3. The molecule has 1 aromatic carbocycles. The van der Waals surface area contributed by atoms with E-state index in [2.05, 4.69) is 10.6 Å². The van der Waals surface area contributed by atoms with E-state index in [1.807, 2.05) is 13.0 Å². The quantitative estimate of drug-likeness (QED) is 0.676. The first kappa shape index (κ1) is 16.1. The van der Waals surface area contributed by atoms with E-state index in [-0.39, 0.29) is 19.1 Å². The molecule has 0 bridgehead atoms. The number of nitrogens with one attached hydrogen (secondary N) is 2. The van der Waals surface area contributed by atoms with Crippen molar-refractivity contribution >= 4 is 17.5 Å². The van der Waals surface area contributed by atoms with Crippen molar-refractivity contribution in [2.75, 3.05) is 19.7 Å². The van der Waals surface area contributed by atoms with Gasteiger partial charge in [0.25, 0.3) is 0 Å². The summed E-state index contributed by atoms with van der Waals surface area (Å²) in [5.41, 5.74) is 0.929. The topological polar surface area (TPSA) is 70.6 Å². The Balaban J connectivity index is 1.61. The number of aliphatic hydroxyl groups is 1. The molecule has 1 aliphatic carbocycles. The van der Waals surface area contributed by atoms with Crippen molar-refractivity contribution in [3.05, 3.63) is 28.8 Å². The second-order valence-corrected chi connectivity index (χ2v) is 5.76. The molecule has 3 N–H and O–H groups in total. The molecule has 0 saturated heterocycles. The molecule has 0 radical (unpaired) electrons. The predicted octanol–water partition coefficient (Wildman–Crippen LogP) is 1.26. The van der Waals surface area contributed by atoms with Crippen molar-refractivity contribution in [2.24, 2.45) is 0 Å². The minimum Gasteiger partial charge on any atom is -0.491 e. The number of amides is 1. The number of aliphatic hydroxyl groups excluding tert-OH is 1. The van der Waals surface area contributed by atoms with Crippen LogP contribution in [0.15, 0.2) is 18.2 Å². The summed E-state index contributed by atoms with van der Waals surface area (Å²) in [6.45, 7) is 2.59. The summed E-state index contributed by atoms with van der Waals surface area (Å²) in [6, 6.07) is 5.71. The number of halogens is 1. The molecule has 1 amide bonds. The van der Waals surface area contributed by atoms with E-state index in [1.165, 1.54) is 0 Å². The zero-order chi connectivity index (χ0) is 15.2. The van der Waals surface area contributed by atoms with Gasteiger partial charge in [-0.2, -0.15) is 0 Å². The molecule has 1 atom stereocenters. The van der Waals surface area contributed by atoms with E-state index in [1.54, 1.807) is 12.1 Å². The number of carbonyl (C=O) groups excluding carboxylic acids is 1. The average Bonchev–Trinajstić information content (AvgIpc) is 3.24. The third-order valence-electron chi connectivity index (χ3n) is 3.18. The molecule has 1 fully saturated rings. The first-order valence-electron chi connectivity index (χ1n) is 7.11. The maximum atomic E-state index is 11.4. The van der Waals surface area contributed by atoms with E-state index in [0.29, 0.717) is 23.4 Å². The second kappa shape index (κ2) is 7.64. The van der Waals surface area contributed by atoms with Crippen LogP contribution in [0.2, 0.25) is 5.02 Å². The summed E-state index contributed by atoms with van der Waals surface area (Å²) in [5.74, 6) is 0.640. The Morgan fingerprint density at radius 3 is 2.95 bits per heavy atom. The summed E-state index contributed by atoms with van der Waals surface area (Å²) in [6.07, 6.45) is 1.47. The molecule has 5 nitrogen and oxygen atoms in total. The lowest BCUT2D eigenvalue weighted by Crippen LogP contribution is -2.39. The molecule has 21 heavy (non-hydrogen) atoms. The SMILES string of the molecule is Cc1cc(OCC(O)CNCC(=O)NC2CC2)ccc1Cl. The zero-order valence-corrected chi connectivity index (χ0v) is 12.8. The molecule has 0 spiro atoms. The largest absolute Gasteiger partial charge is 0.491 e. The van der Waals surface area contributed by atoms with Crippen LogP contribution in [0.5, 0.6) is 5.75 Å². The van der Waals surface area contributed by atoms with Gasteiger partial charge in [0.15, 0.2) is 0 Å². The Labute approximate surface area is 129 Å². The molecule has 1 saturated carbocycles. The lowest BCUT2D eigenvalue weighted by Gasteiger charge is -2.13. The Kier molecular flexibility index (Phi) is 5.85. The number of carbonyl (C=O) groups is 1. The number of rotatable bonds is 8. The van der Waals surface area contributed by atoms with Gasteiger partial charge in [0.2, 0.25) is 5.91 Å². The van der Waals surface area contributed by atoms with Gasteiger partial charge in [0.05, 0.1) is 6.54 Å². The van der Waals surface area contributed by atoms with Crippen LogP contribution in [0.1, 0.15) is 18.4 Å². The maximum Gasteiger partial charge on any atom is 0.234 e. The zero-order valence-electron chi connectivity index (χ0n) is 12.1. The molecule has 6 heteroatoms. The maximum absolute atomic E-state index is 11.4. The standard InChI is InChI=1S/C15H21ClN2O3/c1-10-6-13(4-5-14(10)16)21-9-12(19)7-17-8-15(20)18-11-2-3-11/h4-6,11-12,17,19H,2-3,7-9H2,1H3,(H,18,20). The van der Waals surface area contributed by atoms with Crippen LogP contribution in [0.4, 0.5) is 0 Å². The van der Waals surface area contributed by atoms with Crippen molar-refractivity contribution in [1.29, 1.82) is 0 Å². The Morgan fingerprint density at radius 2 is 2.29 bits per heavy atom. The fraction of sp³-hybridized carbons (Fsp3) is 0.533. The first-order chi connectivity index (χ1) is 10.0. The smallest absolute Gasteiger partial charge is 0.234 e. The molecule has 116 valence electrons. The highest BCUT2D eigenvalue weighted by Crippen LogP contribution is 2.21. The van der Waals surface area contributed by atoms with Crippen LogP contribution in [-0.4, -0.2) is 42.9 Å². The Morgan fingerprint density at radius 1 is 1.52 bits per heavy atom. The van der Waals surface area contributed by atoms with Crippen molar-refractivity contribution in [2.45, 2.75) is 31.9 Å². The van der Waals surface area contributed by atoms with Gasteiger partial charge in [-0.05, 0) is 43.5 Å². The van der Waals surface area contributed by atoms with Gasteiger partial charge in [0.1, 0.15) is 18.5 Å². The van der Waals surface area contributed by atoms with E-state index in [9.17, 15) is 9.90 Å². The van der Waals surface area contributed by atoms with Crippen LogP contribution in [0.3, 0.4) is 0 Å². The van der Waals surface area contributed by atoms with Gasteiger partial charge >= 0.3 is 0 Å². The van der Waals surface area contributed by atoms with Gasteiger partial charge < -0.3 is 20.5 Å². The van der Waals surface area contributed by atoms with E-state index in [4.69, 9.17) is 16.3 Å². The van der Waals surface area contributed by atoms with Crippen molar-refractivity contribution in [1.82, 2.24) is 10.6 Å². The third kappa shape index (κ3) is 5.91. The molecule has 0 aliphatic heterocycles. The highest BCUT2D eigenvalue weighted by atomic mass is 35.5. The summed E-state index contributed by atoms with van der Waals surface area (Å²) in [7, 11) is 0. The van der Waals surface area contributed by atoms with Gasteiger partial charge in [-0.15, -0.1) is 0 Å². The summed E-state index contributed by atoms with van der Waals surface area (Å²) in [4.78, 5) is 11.4. The van der Waals surface area contributed by atoms with Crippen molar-refractivity contribution in [3.8, 4) is 5.75 Å². The third-order valence-corrected chi connectivity index (χ3v) is 3.60. The summed E-state index contributed by atoms with van der Waals surface area (Å²) in [5, 5.41) is 16.3. The highest BCUT2D eigenvalue weighted by molar-refractivity contribution is 6.31. The molecule has 1 aliphatic rings. The van der Waals surface area contributed by atoms with E-state index >= 15 is 0 Å². The minimum atomic E-state index is -0.672.